The van der Waals surface area contributed by atoms with Crippen LogP contribution in [0.25, 0.3) is 0 Å². The molecular weight excluding hydrogens is 610 g/mol. The highest BCUT2D eigenvalue weighted by atomic mass is 35.5. The number of hydrogen-bond donors (Lipinski definition) is 1. The van der Waals surface area contributed by atoms with Gasteiger partial charge in [-0.05, 0) is 24.1 Å². The van der Waals surface area contributed by atoms with Crippen molar-refractivity contribution in [1.82, 2.24) is 14.5 Å². The summed E-state index contributed by atoms with van der Waals surface area (Å²) < 4.78 is 28.2. The number of hydrogen-bond acceptors (Lipinski definition) is 9. The number of non-ortho nitro benzene ring substituents is 1. The third-order valence-corrected chi connectivity index (χ3v) is 7.94. The van der Waals surface area contributed by atoms with E-state index in [1.54, 1.807) is 29.4 Å². The van der Waals surface area contributed by atoms with Crippen LogP contribution in [0, 0.1) is 10.1 Å². The summed E-state index contributed by atoms with van der Waals surface area (Å²) in [4.78, 5) is 27.8. The lowest BCUT2D eigenvalue weighted by Gasteiger charge is -2.22. The van der Waals surface area contributed by atoms with E-state index in [2.05, 4.69) is 14.0 Å². The molecule has 1 atom stereocenters. The number of aromatic nitrogens is 2. The van der Waals surface area contributed by atoms with Crippen molar-refractivity contribution in [1.29, 1.82) is 0 Å². The number of nitro groups is 1. The molecule has 0 aliphatic rings. The van der Waals surface area contributed by atoms with E-state index in [0.29, 0.717) is 33.9 Å². The van der Waals surface area contributed by atoms with Crippen molar-refractivity contribution in [2.75, 3.05) is 33.9 Å². The minimum atomic E-state index is -3.71. The van der Waals surface area contributed by atoms with Crippen LogP contribution in [0.3, 0.4) is 0 Å². The average molecular weight is 638 g/mol. The molecule has 0 aliphatic heterocycles. The van der Waals surface area contributed by atoms with E-state index < -0.39 is 18.4 Å². The molecule has 0 saturated heterocycles. The monoisotopic (exact) mass is 636 g/mol. The van der Waals surface area contributed by atoms with Crippen molar-refractivity contribution in [2.45, 2.75) is 19.2 Å². The Kier molecular flexibility index (Phi) is 13.3. The molecule has 0 fully saturated rings. The number of carbonyl (C=O) groups is 1. The Hall–Kier alpha value is -2.70. The lowest BCUT2D eigenvalue weighted by molar-refractivity contribution is -0.385. The Labute approximate surface area is 246 Å². The van der Waals surface area contributed by atoms with Crippen LogP contribution in [-0.2, 0) is 13.6 Å². The molecule has 0 radical (unpaired) electrons. The first kappa shape index (κ1) is 33.5. The molecule has 1 heterocycles. The van der Waals surface area contributed by atoms with Gasteiger partial charge in [0.1, 0.15) is 12.9 Å². The molecule has 1 aromatic heterocycles. The predicted molar refractivity (Wildman–Crippen MR) is 152 cm³/mol. The molecule has 16 heteroatoms. The van der Waals surface area contributed by atoms with Gasteiger partial charge in [-0.2, -0.15) is 0 Å². The van der Waals surface area contributed by atoms with Gasteiger partial charge in [0.15, 0.2) is 11.6 Å². The van der Waals surface area contributed by atoms with Crippen molar-refractivity contribution in [3.63, 3.8) is 0 Å². The molecular formula is C24H28Cl3N4O8P. The zero-order valence-corrected chi connectivity index (χ0v) is 24.9. The first-order chi connectivity index (χ1) is 19.0. The van der Waals surface area contributed by atoms with Crippen LogP contribution in [0.1, 0.15) is 24.8 Å². The number of nitro benzene ring substituents is 1. The third-order valence-electron chi connectivity index (χ3n) is 5.25. The fraction of sp³-hybridized carbons (Fsp3) is 0.333. The van der Waals surface area contributed by atoms with E-state index in [1.807, 2.05) is 6.92 Å². The van der Waals surface area contributed by atoms with Crippen LogP contribution < -0.4 is 4.74 Å². The van der Waals surface area contributed by atoms with Gasteiger partial charge in [0.05, 0.1) is 21.5 Å². The second kappa shape index (κ2) is 15.9. The second-order valence-corrected chi connectivity index (χ2v) is 11.5. The highest BCUT2D eigenvalue weighted by Gasteiger charge is 2.34. The quantitative estimate of drug-likeness (QED) is 0.138. The van der Waals surface area contributed by atoms with Gasteiger partial charge in [-0.3, -0.25) is 19.2 Å². The van der Waals surface area contributed by atoms with E-state index in [1.165, 1.54) is 29.1 Å². The number of amides is 1. The largest absolute Gasteiger partial charge is 0.489 e. The minimum Gasteiger partial charge on any atom is -0.489 e. The van der Waals surface area contributed by atoms with Gasteiger partial charge in [0.25, 0.3) is 5.69 Å². The maximum Gasteiger partial charge on any atom is 0.362 e. The summed E-state index contributed by atoms with van der Waals surface area (Å²) in [7, 11) is -1.45. The molecule has 0 saturated carbocycles. The number of imidazole rings is 1. The summed E-state index contributed by atoms with van der Waals surface area (Å²) in [5, 5.41) is 21.5. The van der Waals surface area contributed by atoms with Crippen LogP contribution in [0.2, 0.25) is 15.1 Å². The second-order valence-electron chi connectivity index (χ2n) is 7.92. The zero-order valence-electron chi connectivity index (χ0n) is 21.8. The van der Waals surface area contributed by atoms with Crippen molar-refractivity contribution >= 4 is 54.1 Å². The molecule has 1 amide bonds. The first-order valence-electron chi connectivity index (χ1n) is 11.7. The van der Waals surface area contributed by atoms with Crippen molar-refractivity contribution < 1.29 is 33.2 Å². The normalized spacial score (nSPS) is 11.8. The molecule has 0 spiro atoms. The molecule has 40 heavy (non-hydrogen) atoms. The summed E-state index contributed by atoms with van der Waals surface area (Å²) in [6.45, 7) is 3.28. The van der Waals surface area contributed by atoms with E-state index in [0.717, 1.165) is 26.7 Å². The van der Waals surface area contributed by atoms with Gasteiger partial charge < -0.3 is 23.8 Å². The number of carbonyl (C=O) groups excluding carboxylic acids is 1. The summed E-state index contributed by atoms with van der Waals surface area (Å²) in [6, 6.07) is 8.14. The minimum absolute atomic E-state index is 0.103. The van der Waals surface area contributed by atoms with E-state index >= 15 is 0 Å². The number of ether oxygens (including phenoxy) is 1. The Morgan fingerprint density at radius 3 is 2.35 bits per heavy atom. The van der Waals surface area contributed by atoms with Crippen molar-refractivity contribution in [3.8, 4) is 5.75 Å². The molecule has 0 bridgehead atoms. The van der Waals surface area contributed by atoms with E-state index in [4.69, 9.17) is 39.5 Å². The summed E-state index contributed by atoms with van der Waals surface area (Å²) in [5.41, 5.74) is -0.105. The third kappa shape index (κ3) is 9.17. The van der Waals surface area contributed by atoms with Crippen LogP contribution in [0.5, 0.6) is 5.75 Å². The fourth-order valence-corrected chi connectivity index (χ4v) is 5.29. The number of benzene rings is 2. The van der Waals surface area contributed by atoms with Crippen LogP contribution in [-0.4, -0.2) is 64.4 Å². The maximum atomic E-state index is 12.3. The fourth-order valence-electron chi connectivity index (χ4n) is 3.29. The summed E-state index contributed by atoms with van der Waals surface area (Å²) in [5.74, 6) is -1.19. The zero-order chi connectivity index (χ0) is 29.9. The highest BCUT2D eigenvalue weighted by molar-refractivity contribution is 7.54. The molecule has 3 rings (SSSR count). The van der Waals surface area contributed by atoms with E-state index in [-0.39, 0.29) is 23.9 Å². The number of halogens is 3. The Morgan fingerprint density at radius 2 is 1.82 bits per heavy atom. The standard InChI is InChI=1S/C15H16Cl3N3O2.C9H12NO6P/c1-2-4-20(15(22)21-5-3-19-10-21)6-7-23-14-12(17)8-11(16)9-13(14)18;1-15-17(14,16-2)9(11)7-4-3-5-8(6-7)10(12)13/h3,5,8-10H,2,4,6-7H2,1H3;3-6,9,11H,1-2H3. The Morgan fingerprint density at radius 1 is 1.18 bits per heavy atom. The number of aliphatic hydroxyl groups excluding tert-OH is 1. The SMILES string of the molecule is CCCN(CCOc1c(Cl)cc(Cl)cc1Cl)C(=O)n1ccnc1.COP(=O)(OC)C(O)c1cccc([N+](=O)[O-])c1. The van der Waals surface area contributed by atoms with Gasteiger partial charge in [-0.1, -0.05) is 53.9 Å². The van der Waals surface area contributed by atoms with Gasteiger partial charge in [-0.15, -0.1) is 0 Å². The van der Waals surface area contributed by atoms with Crippen molar-refractivity contribution in [3.05, 3.63) is 85.9 Å². The predicted octanol–water partition coefficient (Wildman–Crippen LogP) is 6.67. The average Bonchev–Trinajstić information content (AvgIpc) is 3.48. The van der Waals surface area contributed by atoms with Crippen LogP contribution in [0.4, 0.5) is 10.5 Å². The smallest absolute Gasteiger partial charge is 0.362 e. The van der Waals surface area contributed by atoms with E-state index in [9.17, 15) is 24.6 Å². The number of nitrogens with zero attached hydrogens (tertiary/aromatic N) is 4. The summed E-state index contributed by atoms with van der Waals surface area (Å²) >= 11 is 18.0. The van der Waals surface area contributed by atoms with Crippen molar-refractivity contribution in [2.24, 2.45) is 0 Å². The molecule has 0 aliphatic carbocycles. The first-order valence-corrected chi connectivity index (χ1v) is 14.4. The lowest BCUT2D eigenvalue weighted by Crippen LogP contribution is -2.37. The highest BCUT2D eigenvalue weighted by Crippen LogP contribution is 2.58. The molecule has 1 unspecified atom stereocenters. The van der Waals surface area contributed by atoms with Gasteiger partial charge in [0, 0.05) is 50.3 Å². The maximum absolute atomic E-state index is 12.3. The Balaban J connectivity index is 0.000000294. The Bertz CT molecular complexity index is 1300. The molecule has 2 aromatic carbocycles. The number of aliphatic hydroxyl groups is 1. The lowest BCUT2D eigenvalue weighted by atomic mass is 10.2. The summed E-state index contributed by atoms with van der Waals surface area (Å²) in [6.07, 6.45) is 5.48. The molecule has 3 aromatic rings. The topological polar surface area (TPSA) is 146 Å². The molecule has 218 valence electrons. The molecule has 12 nitrogen and oxygen atoms in total. The van der Waals surface area contributed by atoms with Crippen LogP contribution >= 0.6 is 42.4 Å². The van der Waals surface area contributed by atoms with Crippen LogP contribution in [0.15, 0.2) is 55.1 Å². The van der Waals surface area contributed by atoms with Gasteiger partial charge >= 0.3 is 13.6 Å². The van der Waals surface area contributed by atoms with Gasteiger partial charge in [0.2, 0.25) is 0 Å². The molecule has 1 N–H and O–H groups in total. The number of rotatable bonds is 11. The van der Waals surface area contributed by atoms with Gasteiger partial charge in [-0.25, -0.2) is 9.78 Å².